The lowest BCUT2D eigenvalue weighted by molar-refractivity contribution is -0.134. The molecular weight excluding hydrogens is 218 g/mol. The van der Waals surface area contributed by atoms with Crippen molar-refractivity contribution in [3.8, 4) is 12.3 Å². The number of hydrogen-bond donors (Lipinski definition) is 2. The first-order chi connectivity index (χ1) is 8.19. The molecule has 0 spiro atoms. The smallest absolute Gasteiger partial charge is 0.234 e. The first-order valence-electron chi connectivity index (χ1n) is 5.88. The lowest BCUT2D eigenvalue weighted by Crippen LogP contribution is -2.46. The number of hydrogen-bond acceptors (Lipinski definition) is 3. The molecule has 0 aromatic heterocycles. The molecule has 0 saturated carbocycles. The van der Waals surface area contributed by atoms with Gasteiger partial charge < -0.3 is 16.0 Å². The van der Waals surface area contributed by atoms with Gasteiger partial charge in [-0.25, -0.2) is 0 Å². The van der Waals surface area contributed by atoms with Gasteiger partial charge in [-0.15, -0.1) is 6.42 Å². The van der Waals surface area contributed by atoms with E-state index in [2.05, 4.69) is 11.2 Å². The van der Waals surface area contributed by atoms with Gasteiger partial charge in [-0.05, 0) is 12.8 Å². The highest BCUT2D eigenvalue weighted by Crippen LogP contribution is 2.17. The molecule has 0 aromatic rings. The molecule has 5 heteroatoms. The quantitative estimate of drug-likeness (QED) is 0.636. The van der Waals surface area contributed by atoms with Crippen LogP contribution >= 0.6 is 0 Å². The number of carbonyl (C=O) groups is 2. The SMILES string of the molecule is C#CCC(=O)N1CCCC(C(=O)NCCN)C1. The minimum atomic E-state index is -0.128. The van der Waals surface area contributed by atoms with Gasteiger partial charge in [-0.1, -0.05) is 5.92 Å². The van der Waals surface area contributed by atoms with Gasteiger partial charge in [0.25, 0.3) is 0 Å². The monoisotopic (exact) mass is 237 g/mol. The Bertz CT molecular complexity index is 322. The summed E-state index contributed by atoms with van der Waals surface area (Å²) >= 11 is 0. The molecule has 1 aliphatic rings. The lowest BCUT2D eigenvalue weighted by atomic mass is 9.97. The number of likely N-dealkylation sites (tertiary alicyclic amines) is 1. The van der Waals surface area contributed by atoms with Crippen LogP contribution in [0.2, 0.25) is 0 Å². The van der Waals surface area contributed by atoms with Crippen molar-refractivity contribution in [2.45, 2.75) is 19.3 Å². The van der Waals surface area contributed by atoms with Gasteiger partial charge in [0.15, 0.2) is 0 Å². The average Bonchev–Trinajstić information content (AvgIpc) is 2.36. The number of carbonyl (C=O) groups excluding carboxylic acids is 2. The Balaban J connectivity index is 2.46. The molecule has 1 saturated heterocycles. The fraction of sp³-hybridized carbons (Fsp3) is 0.667. The van der Waals surface area contributed by atoms with Crippen LogP contribution in [0.1, 0.15) is 19.3 Å². The minimum Gasteiger partial charge on any atom is -0.355 e. The maximum absolute atomic E-state index is 11.7. The maximum atomic E-state index is 11.7. The predicted octanol–water partition coefficient (Wildman–Crippen LogP) is -0.677. The van der Waals surface area contributed by atoms with Crippen molar-refractivity contribution in [1.29, 1.82) is 0 Å². The van der Waals surface area contributed by atoms with Crippen LogP contribution in [0.25, 0.3) is 0 Å². The molecule has 1 heterocycles. The summed E-state index contributed by atoms with van der Waals surface area (Å²) in [5.74, 6) is 2.12. The lowest BCUT2D eigenvalue weighted by Gasteiger charge is -2.31. The van der Waals surface area contributed by atoms with E-state index in [0.717, 1.165) is 12.8 Å². The van der Waals surface area contributed by atoms with Gasteiger partial charge in [0.1, 0.15) is 0 Å². The fourth-order valence-corrected chi connectivity index (χ4v) is 1.96. The van der Waals surface area contributed by atoms with Crippen LogP contribution in [0.4, 0.5) is 0 Å². The fourth-order valence-electron chi connectivity index (χ4n) is 1.96. The number of piperidine rings is 1. The Morgan fingerprint density at radius 1 is 1.53 bits per heavy atom. The zero-order valence-corrected chi connectivity index (χ0v) is 9.95. The predicted molar refractivity (Wildman–Crippen MR) is 64.8 cm³/mol. The summed E-state index contributed by atoms with van der Waals surface area (Å²) in [6, 6.07) is 0. The Morgan fingerprint density at radius 2 is 2.29 bits per heavy atom. The van der Waals surface area contributed by atoms with Crippen molar-refractivity contribution < 1.29 is 9.59 Å². The molecule has 0 aliphatic carbocycles. The van der Waals surface area contributed by atoms with Gasteiger partial charge in [0.05, 0.1) is 12.3 Å². The first-order valence-corrected chi connectivity index (χ1v) is 5.88. The number of nitrogens with two attached hydrogens (primary N) is 1. The molecule has 0 aromatic carbocycles. The second kappa shape index (κ2) is 6.92. The van der Waals surface area contributed by atoms with Gasteiger partial charge in [0, 0.05) is 26.2 Å². The van der Waals surface area contributed by atoms with Gasteiger partial charge in [0.2, 0.25) is 11.8 Å². The van der Waals surface area contributed by atoms with Crippen LogP contribution in [0.3, 0.4) is 0 Å². The molecule has 1 atom stereocenters. The van der Waals surface area contributed by atoms with Crippen LogP contribution in [-0.4, -0.2) is 42.9 Å². The van der Waals surface area contributed by atoms with E-state index < -0.39 is 0 Å². The van der Waals surface area contributed by atoms with E-state index in [4.69, 9.17) is 12.2 Å². The molecule has 5 nitrogen and oxygen atoms in total. The molecule has 3 N–H and O–H groups in total. The van der Waals surface area contributed by atoms with Crippen molar-refractivity contribution in [3.63, 3.8) is 0 Å². The molecule has 1 aliphatic heterocycles. The standard InChI is InChI=1S/C12H19N3O2/c1-2-4-11(16)15-8-3-5-10(9-15)12(17)14-7-6-13/h1,10H,3-9,13H2,(H,14,17). The highest BCUT2D eigenvalue weighted by molar-refractivity contribution is 5.82. The Hall–Kier alpha value is -1.54. The van der Waals surface area contributed by atoms with Crippen LogP contribution in [0.5, 0.6) is 0 Å². The largest absolute Gasteiger partial charge is 0.355 e. The third-order valence-electron chi connectivity index (χ3n) is 2.84. The first kappa shape index (κ1) is 13.5. The summed E-state index contributed by atoms with van der Waals surface area (Å²) < 4.78 is 0. The molecule has 1 unspecified atom stereocenters. The molecular formula is C12H19N3O2. The van der Waals surface area contributed by atoms with E-state index >= 15 is 0 Å². The van der Waals surface area contributed by atoms with Crippen LogP contribution in [0, 0.1) is 18.3 Å². The Labute approximate surface area is 102 Å². The molecule has 17 heavy (non-hydrogen) atoms. The molecule has 1 rings (SSSR count). The van der Waals surface area contributed by atoms with Crippen LogP contribution < -0.4 is 11.1 Å². The van der Waals surface area contributed by atoms with Crippen molar-refractivity contribution >= 4 is 11.8 Å². The highest BCUT2D eigenvalue weighted by Gasteiger charge is 2.27. The molecule has 2 amide bonds. The van der Waals surface area contributed by atoms with E-state index in [1.54, 1.807) is 4.90 Å². The van der Waals surface area contributed by atoms with E-state index in [-0.39, 0.29) is 24.2 Å². The second-order valence-electron chi connectivity index (χ2n) is 4.14. The summed E-state index contributed by atoms with van der Waals surface area (Å²) in [5, 5.41) is 2.75. The summed E-state index contributed by atoms with van der Waals surface area (Å²) in [6.45, 7) is 2.07. The second-order valence-corrected chi connectivity index (χ2v) is 4.14. The highest BCUT2D eigenvalue weighted by atomic mass is 16.2. The maximum Gasteiger partial charge on any atom is 0.234 e. The summed E-state index contributed by atoms with van der Waals surface area (Å²) in [5.41, 5.74) is 5.32. The molecule has 0 radical (unpaired) electrons. The van der Waals surface area contributed by atoms with Crippen molar-refractivity contribution in [1.82, 2.24) is 10.2 Å². The zero-order chi connectivity index (χ0) is 12.7. The van der Waals surface area contributed by atoms with Crippen molar-refractivity contribution in [2.75, 3.05) is 26.2 Å². The normalized spacial score (nSPS) is 19.5. The third-order valence-corrected chi connectivity index (χ3v) is 2.84. The number of nitrogens with zero attached hydrogens (tertiary/aromatic N) is 1. The molecule has 94 valence electrons. The van der Waals surface area contributed by atoms with E-state index in [1.165, 1.54) is 0 Å². The van der Waals surface area contributed by atoms with Crippen LogP contribution in [0.15, 0.2) is 0 Å². The Kier molecular flexibility index (Phi) is 5.50. The van der Waals surface area contributed by atoms with E-state index in [1.807, 2.05) is 0 Å². The average molecular weight is 237 g/mol. The zero-order valence-electron chi connectivity index (χ0n) is 9.95. The topological polar surface area (TPSA) is 75.4 Å². The minimum absolute atomic E-state index is 0.0198. The van der Waals surface area contributed by atoms with E-state index in [9.17, 15) is 9.59 Å². The number of amides is 2. The van der Waals surface area contributed by atoms with Crippen LogP contribution in [-0.2, 0) is 9.59 Å². The van der Waals surface area contributed by atoms with Crippen molar-refractivity contribution in [2.24, 2.45) is 11.7 Å². The number of nitrogens with one attached hydrogen (secondary N) is 1. The van der Waals surface area contributed by atoms with Gasteiger partial charge >= 0.3 is 0 Å². The number of rotatable bonds is 4. The summed E-state index contributed by atoms with van der Waals surface area (Å²) in [7, 11) is 0. The summed E-state index contributed by atoms with van der Waals surface area (Å²) in [4.78, 5) is 25.0. The summed E-state index contributed by atoms with van der Waals surface area (Å²) in [6.07, 6.45) is 6.87. The van der Waals surface area contributed by atoms with Gasteiger partial charge in [-0.2, -0.15) is 0 Å². The number of terminal acetylenes is 1. The third kappa shape index (κ3) is 4.08. The molecule has 1 fully saturated rings. The molecule has 0 bridgehead atoms. The Morgan fingerprint density at radius 3 is 2.94 bits per heavy atom. The van der Waals surface area contributed by atoms with Gasteiger partial charge in [-0.3, -0.25) is 9.59 Å². The van der Waals surface area contributed by atoms with Crippen molar-refractivity contribution in [3.05, 3.63) is 0 Å². The van der Waals surface area contributed by atoms with E-state index in [0.29, 0.717) is 26.2 Å².